The van der Waals surface area contributed by atoms with Gasteiger partial charge in [-0.1, -0.05) is 0 Å². The molecule has 1 aliphatic heterocycles. The van der Waals surface area contributed by atoms with Crippen molar-refractivity contribution in [2.24, 2.45) is 0 Å². The van der Waals surface area contributed by atoms with Gasteiger partial charge in [0.05, 0.1) is 24.5 Å². The van der Waals surface area contributed by atoms with Gasteiger partial charge in [0.2, 0.25) is 0 Å². The summed E-state index contributed by atoms with van der Waals surface area (Å²) in [7, 11) is 0. The zero-order chi connectivity index (χ0) is 19.8. The van der Waals surface area contributed by atoms with Crippen molar-refractivity contribution >= 4 is 27.5 Å². The van der Waals surface area contributed by atoms with Crippen molar-refractivity contribution in [2.45, 2.75) is 6.54 Å². The third-order valence-corrected chi connectivity index (χ3v) is 5.92. The molecule has 4 aromatic heterocycles. The first-order valence-electron chi connectivity index (χ1n) is 9.28. The van der Waals surface area contributed by atoms with E-state index in [0.29, 0.717) is 60.3 Å². The average molecular weight is 410 g/mol. The molecule has 0 atom stereocenters. The first kappa shape index (κ1) is 17.9. The fourth-order valence-electron chi connectivity index (χ4n) is 3.56. The van der Waals surface area contributed by atoms with Gasteiger partial charge in [-0.15, -0.1) is 11.3 Å². The predicted molar refractivity (Wildman–Crippen MR) is 108 cm³/mol. The van der Waals surface area contributed by atoms with Gasteiger partial charge in [-0.05, 0) is 24.3 Å². The van der Waals surface area contributed by atoms with Gasteiger partial charge in [0.1, 0.15) is 16.4 Å². The molecule has 0 unspecified atom stereocenters. The number of furan rings is 2. The SMILES string of the molecule is O=C(c1ccco1)N1CCN(Cc2nc3scc(-c4ccco4)c3c(=O)[nH]2)CC1. The van der Waals surface area contributed by atoms with Gasteiger partial charge in [-0.25, -0.2) is 4.98 Å². The zero-order valence-corrected chi connectivity index (χ0v) is 16.3. The maximum atomic E-state index is 12.7. The number of hydrogen-bond acceptors (Lipinski definition) is 7. The van der Waals surface area contributed by atoms with Gasteiger partial charge < -0.3 is 18.7 Å². The van der Waals surface area contributed by atoms with E-state index >= 15 is 0 Å². The van der Waals surface area contributed by atoms with E-state index in [0.717, 1.165) is 5.56 Å². The Bertz CT molecular complexity index is 1190. The number of rotatable bonds is 4. The van der Waals surface area contributed by atoms with Crippen LogP contribution in [-0.4, -0.2) is 51.9 Å². The van der Waals surface area contributed by atoms with E-state index in [-0.39, 0.29) is 11.5 Å². The third-order valence-electron chi connectivity index (χ3n) is 5.04. The normalized spacial score (nSPS) is 15.2. The lowest BCUT2D eigenvalue weighted by Gasteiger charge is -2.33. The van der Waals surface area contributed by atoms with Gasteiger partial charge in [0.15, 0.2) is 5.76 Å². The minimum atomic E-state index is -0.163. The molecule has 1 amide bonds. The number of H-pyrrole nitrogens is 1. The Labute approximate surface area is 169 Å². The van der Waals surface area contributed by atoms with Crippen molar-refractivity contribution in [1.29, 1.82) is 0 Å². The van der Waals surface area contributed by atoms with Crippen LogP contribution in [0.15, 0.2) is 55.8 Å². The van der Waals surface area contributed by atoms with Gasteiger partial charge in [-0.3, -0.25) is 14.5 Å². The van der Waals surface area contributed by atoms with E-state index in [2.05, 4.69) is 14.9 Å². The van der Waals surface area contributed by atoms with Gasteiger partial charge in [0, 0.05) is 37.1 Å². The number of hydrogen-bond donors (Lipinski definition) is 1. The maximum Gasteiger partial charge on any atom is 0.289 e. The van der Waals surface area contributed by atoms with Crippen LogP contribution in [0, 0.1) is 0 Å². The number of thiophene rings is 1. The standard InChI is InChI=1S/C20H18N4O4S/c25-18-17-13(14-3-1-9-27-14)12-29-19(17)22-16(21-18)11-23-5-7-24(8-6-23)20(26)15-4-2-10-28-15/h1-4,9-10,12H,5-8,11H2,(H,21,22,25). The summed E-state index contributed by atoms with van der Waals surface area (Å²) in [6.45, 7) is 3.15. The number of nitrogens with one attached hydrogen (secondary N) is 1. The molecule has 0 aromatic carbocycles. The molecule has 1 fully saturated rings. The maximum absolute atomic E-state index is 12.7. The Morgan fingerprint density at radius 1 is 1.14 bits per heavy atom. The number of amides is 1. The molecular formula is C20H18N4O4S. The minimum Gasteiger partial charge on any atom is -0.464 e. The van der Waals surface area contributed by atoms with Crippen molar-refractivity contribution in [3.63, 3.8) is 0 Å². The number of aromatic amines is 1. The molecule has 4 aromatic rings. The summed E-state index contributed by atoms with van der Waals surface area (Å²) in [4.78, 5) is 37.2. The van der Waals surface area contributed by atoms with Gasteiger partial charge in [-0.2, -0.15) is 0 Å². The number of nitrogens with zero attached hydrogens (tertiary/aromatic N) is 3. The molecule has 1 N–H and O–H groups in total. The van der Waals surface area contributed by atoms with Crippen LogP contribution in [0.5, 0.6) is 0 Å². The molecule has 0 radical (unpaired) electrons. The Hall–Kier alpha value is -3.17. The van der Waals surface area contributed by atoms with Crippen molar-refractivity contribution in [3.05, 3.63) is 64.1 Å². The minimum absolute atomic E-state index is 0.0911. The highest BCUT2D eigenvalue weighted by atomic mass is 32.1. The highest BCUT2D eigenvalue weighted by molar-refractivity contribution is 7.17. The Morgan fingerprint density at radius 2 is 1.93 bits per heavy atom. The lowest BCUT2D eigenvalue weighted by molar-refractivity contribution is 0.0595. The smallest absolute Gasteiger partial charge is 0.289 e. The van der Waals surface area contributed by atoms with Crippen molar-refractivity contribution in [1.82, 2.24) is 19.8 Å². The van der Waals surface area contributed by atoms with E-state index in [1.165, 1.54) is 17.6 Å². The van der Waals surface area contributed by atoms with E-state index in [1.807, 2.05) is 11.4 Å². The van der Waals surface area contributed by atoms with Crippen LogP contribution in [0.25, 0.3) is 21.5 Å². The van der Waals surface area contributed by atoms with Crippen LogP contribution >= 0.6 is 11.3 Å². The lowest BCUT2D eigenvalue weighted by atomic mass is 10.2. The quantitative estimate of drug-likeness (QED) is 0.556. The molecule has 5 rings (SSSR count). The molecule has 0 saturated carbocycles. The van der Waals surface area contributed by atoms with Crippen molar-refractivity contribution < 1.29 is 13.6 Å². The number of piperazine rings is 1. The zero-order valence-electron chi connectivity index (χ0n) is 15.5. The molecule has 0 bridgehead atoms. The molecule has 29 heavy (non-hydrogen) atoms. The van der Waals surface area contributed by atoms with E-state index in [4.69, 9.17) is 8.83 Å². The van der Waals surface area contributed by atoms with Crippen LogP contribution in [-0.2, 0) is 6.54 Å². The Balaban J connectivity index is 1.29. The second kappa shape index (κ2) is 7.34. The summed E-state index contributed by atoms with van der Waals surface area (Å²) in [5, 5.41) is 2.46. The molecule has 1 saturated heterocycles. The summed E-state index contributed by atoms with van der Waals surface area (Å²) in [6.07, 6.45) is 3.09. The topological polar surface area (TPSA) is 95.6 Å². The van der Waals surface area contributed by atoms with Crippen molar-refractivity contribution in [3.8, 4) is 11.3 Å². The van der Waals surface area contributed by atoms with E-state index < -0.39 is 0 Å². The predicted octanol–water partition coefficient (Wildman–Crippen LogP) is 2.80. The van der Waals surface area contributed by atoms with E-state index in [9.17, 15) is 9.59 Å². The summed E-state index contributed by atoms with van der Waals surface area (Å²) < 4.78 is 10.6. The molecule has 1 aliphatic rings. The first-order valence-corrected chi connectivity index (χ1v) is 10.2. The summed E-state index contributed by atoms with van der Waals surface area (Å²) in [5.74, 6) is 1.56. The number of carbonyl (C=O) groups is 1. The number of fused-ring (bicyclic) bond motifs is 1. The summed E-state index contributed by atoms with van der Waals surface area (Å²) >= 11 is 1.43. The molecule has 8 nitrogen and oxygen atoms in total. The molecule has 0 aliphatic carbocycles. The van der Waals surface area contributed by atoms with Crippen LogP contribution in [0.3, 0.4) is 0 Å². The van der Waals surface area contributed by atoms with Gasteiger partial charge in [0.25, 0.3) is 11.5 Å². The highest BCUT2D eigenvalue weighted by Crippen LogP contribution is 2.30. The highest BCUT2D eigenvalue weighted by Gasteiger charge is 2.24. The van der Waals surface area contributed by atoms with Crippen molar-refractivity contribution in [2.75, 3.05) is 26.2 Å². The molecule has 0 spiro atoms. The fraction of sp³-hybridized carbons (Fsp3) is 0.250. The molecule has 5 heterocycles. The van der Waals surface area contributed by atoms with E-state index in [1.54, 1.807) is 29.4 Å². The fourth-order valence-corrected chi connectivity index (χ4v) is 4.51. The van der Waals surface area contributed by atoms with Crippen LogP contribution in [0.4, 0.5) is 0 Å². The average Bonchev–Trinajstić information content (AvgIpc) is 3.48. The molecular weight excluding hydrogens is 392 g/mol. The summed E-state index contributed by atoms with van der Waals surface area (Å²) in [5.41, 5.74) is 0.602. The second-order valence-corrected chi connectivity index (χ2v) is 7.72. The van der Waals surface area contributed by atoms with Crippen LogP contribution in [0.2, 0.25) is 0 Å². The first-order chi connectivity index (χ1) is 14.2. The number of aromatic nitrogens is 2. The molecule has 9 heteroatoms. The summed E-state index contributed by atoms with van der Waals surface area (Å²) in [6, 6.07) is 7.02. The third kappa shape index (κ3) is 3.39. The van der Waals surface area contributed by atoms with Crippen LogP contribution in [0.1, 0.15) is 16.4 Å². The monoisotopic (exact) mass is 410 g/mol. The van der Waals surface area contributed by atoms with Gasteiger partial charge >= 0.3 is 0 Å². The Morgan fingerprint density at radius 3 is 2.66 bits per heavy atom. The largest absolute Gasteiger partial charge is 0.464 e. The van der Waals surface area contributed by atoms with Crippen LogP contribution < -0.4 is 5.56 Å². The Kier molecular flexibility index (Phi) is 4.53. The number of carbonyl (C=O) groups excluding carboxylic acids is 1. The lowest BCUT2D eigenvalue weighted by Crippen LogP contribution is -2.48. The second-order valence-electron chi connectivity index (χ2n) is 6.87. The molecule has 148 valence electrons.